The first-order valence-corrected chi connectivity index (χ1v) is 8.24. The number of benzene rings is 1. The van der Waals surface area contributed by atoms with Gasteiger partial charge in [-0.3, -0.25) is 4.72 Å². The predicted octanol–water partition coefficient (Wildman–Crippen LogP) is 2.00. The summed E-state index contributed by atoms with van der Waals surface area (Å²) in [6.45, 7) is 2.10. The molecular formula is C14H19N5O2S. The Kier molecular flexibility index (Phi) is 4.94. The lowest BCUT2D eigenvalue weighted by Crippen LogP contribution is -2.29. The maximum Gasteiger partial charge on any atom is 0.302 e. The third-order valence-corrected chi connectivity index (χ3v) is 4.44. The third-order valence-electron chi connectivity index (χ3n) is 3.01. The Balaban J connectivity index is 2.05. The summed E-state index contributed by atoms with van der Waals surface area (Å²) >= 11 is 0. The number of hydrogen-bond acceptors (Lipinski definition) is 5. The molecule has 0 saturated carbocycles. The number of rotatable bonds is 6. The second-order valence-corrected chi connectivity index (χ2v) is 6.75. The van der Waals surface area contributed by atoms with Gasteiger partial charge in [0.25, 0.3) is 0 Å². The van der Waals surface area contributed by atoms with E-state index >= 15 is 0 Å². The van der Waals surface area contributed by atoms with E-state index in [-0.39, 0.29) is 5.82 Å². The van der Waals surface area contributed by atoms with Crippen molar-refractivity contribution in [2.45, 2.75) is 13.3 Å². The number of aryl methyl sites for hydroxylation is 1. The summed E-state index contributed by atoms with van der Waals surface area (Å²) < 4.78 is 26.7. The molecule has 0 bridgehead atoms. The van der Waals surface area contributed by atoms with Gasteiger partial charge in [-0.1, -0.05) is 19.1 Å². The summed E-state index contributed by atoms with van der Waals surface area (Å²) in [6.07, 6.45) is 0.987. The molecular weight excluding hydrogens is 302 g/mol. The Morgan fingerprint density at radius 3 is 2.09 bits per heavy atom. The quantitative estimate of drug-likeness (QED) is 0.850. The van der Waals surface area contributed by atoms with Gasteiger partial charge in [0.1, 0.15) is 0 Å². The lowest BCUT2D eigenvalue weighted by molar-refractivity contribution is 0.526. The number of anilines is 3. The van der Waals surface area contributed by atoms with Crippen molar-refractivity contribution >= 4 is 27.5 Å². The molecule has 0 unspecified atom stereocenters. The van der Waals surface area contributed by atoms with Gasteiger partial charge in [-0.05, 0) is 36.2 Å². The summed E-state index contributed by atoms with van der Waals surface area (Å²) in [5.74, 6) is 0.706. The first-order chi connectivity index (χ1) is 10.4. The normalized spacial score (nSPS) is 11.5. The molecule has 1 heterocycles. The van der Waals surface area contributed by atoms with E-state index in [1.54, 1.807) is 12.1 Å². The van der Waals surface area contributed by atoms with Gasteiger partial charge in [0.15, 0.2) is 11.6 Å². The Hall–Kier alpha value is -2.19. The van der Waals surface area contributed by atoms with Gasteiger partial charge in [0, 0.05) is 19.8 Å². The molecule has 0 saturated heterocycles. The van der Waals surface area contributed by atoms with Crippen molar-refractivity contribution in [3.05, 3.63) is 42.0 Å². The second-order valence-electron chi connectivity index (χ2n) is 4.87. The summed E-state index contributed by atoms with van der Waals surface area (Å²) in [7, 11) is -0.698. The molecule has 0 atom stereocenters. The highest BCUT2D eigenvalue weighted by Gasteiger charge is 2.13. The zero-order valence-electron chi connectivity index (χ0n) is 12.7. The average Bonchev–Trinajstić information content (AvgIpc) is 2.49. The molecule has 0 aliphatic rings. The number of nitrogens with one attached hydrogen (secondary N) is 2. The van der Waals surface area contributed by atoms with E-state index in [4.69, 9.17) is 0 Å². The highest BCUT2D eigenvalue weighted by molar-refractivity contribution is 7.90. The lowest BCUT2D eigenvalue weighted by Gasteiger charge is -2.12. The molecule has 0 fully saturated rings. The molecule has 118 valence electrons. The van der Waals surface area contributed by atoms with E-state index in [0.717, 1.165) is 16.4 Å². The molecule has 7 nitrogen and oxygen atoms in total. The Bertz CT molecular complexity index is 712. The summed E-state index contributed by atoms with van der Waals surface area (Å²) in [4.78, 5) is 0. The first-order valence-electron chi connectivity index (χ1n) is 6.80. The molecule has 0 amide bonds. The van der Waals surface area contributed by atoms with Crippen molar-refractivity contribution in [2.75, 3.05) is 24.1 Å². The fourth-order valence-electron chi connectivity index (χ4n) is 1.65. The topological polar surface area (TPSA) is 87.2 Å². The van der Waals surface area contributed by atoms with Gasteiger partial charge in [0.05, 0.1) is 0 Å². The fourth-order valence-corrected chi connectivity index (χ4v) is 2.20. The highest BCUT2D eigenvalue weighted by atomic mass is 32.2. The van der Waals surface area contributed by atoms with Gasteiger partial charge >= 0.3 is 10.2 Å². The standard InChI is InChI=1S/C14H19N5O2S/c1-4-11-5-7-12(8-6-11)15-13-9-10-14(17-16-13)18-22(20,21)19(2)3/h5-10H,4H2,1-3H3,(H,15,16)(H,17,18). The van der Waals surface area contributed by atoms with Crippen LogP contribution in [0.4, 0.5) is 17.3 Å². The van der Waals surface area contributed by atoms with E-state index in [2.05, 4.69) is 27.2 Å². The minimum absolute atomic E-state index is 0.167. The highest BCUT2D eigenvalue weighted by Crippen LogP contribution is 2.16. The first kappa shape index (κ1) is 16.2. The molecule has 0 aliphatic heterocycles. The summed E-state index contributed by atoms with van der Waals surface area (Å²) in [6, 6.07) is 11.2. The molecule has 2 aromatic rings. The largest absolute Gasteiger partial charge is 0.339 e. The molecule has 8 heteroatoms. The minimum atomic E-state index is -3.57. The van der Waals surface area contributed by atoms with E-state index in [1.165, 1.54) is 19.7 Å². The smallest absolute Gasteiger partial charge is 0.302 e. The monoisotopic (exact) mass is 321 g/mol. The van der Waals surface area contributed by atoms with Gasteiger partial charge in [-0.15, -0.1) is 10.2 Å². The maximum absolute atomic E-state index is 11.7. The van der Waals surface area contributed by atoms with Crippen LogP contribution in [0.2, 0.25) is 0 Å². The Labute approximate surface area is 130 Å². The summed E-state index contributed by atoms with van der Waals surface area (Å²) in [5.41, 5.74) is 2.15. The molecule has 2 N–H and O–H groups in total. The SMILES string of the molecule is CCc1ccc(Nc2ccc(NS(=O)(=O)N(C)C)nn2)cc1. The molecule has 2 rings (SSSR count). The summed E-state index contributed by atoms with van der Waals surface area (Å²) in [5, 5.41) is 10.9. The van der Waals surface area contributed by atoms with Crippen LogP contribution in [-0.4, -0.2) is 37.0 Å². The van der Waals surface area contributed by atoms with Crippen molar-refractivity contribution in [1.82, 2.24) is 14.5 Å². The van der Waals surface area contributed by atoms with E-state index in [0.29, 0.717) is 5.82 Å². The zero-order valence-corrected chi connectivity index (χ0v) is 13.6. The van der Waals surface area contributed by atoms with E-state index in [9.17, 15) is 8.42 Å². The van der Waals surface area contributed by atoms with E-state index < -0.39 is 10.2 Å². The third kappa shape index (κ3) is 4.15. The molecule has 0 aliphatic carbocycles. The molecule has 0 spiro atoms. The second kappa shape index (κ2) is 6.71. The van der Waals surface area contributed by atoms with Crippen LogP contribution in [0, 0.1) is 0 Å². The van der Waals surface area contributed by atoms with Crippen LogP contribution in [0.3, 0.4) is 0 Å². The van der Waals surface area contributed by atoms with Gasteiger partial charge in [-0.2, -0.15) is 12.7 Å². The van der Waals surface area contributed by atoms with Crippen molar-refractivity contribution in [3.63, 3.8) is 0 Å². The van der Waals surface area contributed by atoms with Crippen LogP contribution in [0.5, 0.6) is 0 Å². The van der Waals surface area contributed by atoms with Gasteiger partial charge < -0.3 is 5.32 Å². The molecule has 22 heavy (non-hydrogen) atoms. The number of aromatic nitrogens is 2. The number of nitrogens with zero attached hydrogens (tertiary/aromatic N) is 3. The van der Waals surface area contributed by atoms with Crippen LogP contribution in [-0.2, 0) is 16.6 Å². The van der Waals surface area contributed by atoms with Crippen molar-refractivity contribution in [2.24, 2.45) is 0 Å². The Morgan fingerprint density at radius 2 is 1.59 bits per heavy atom. The molecule has 1 aromatic carbocycles. The fraction of sp³-hybridized carbons (Fsp3) is 0.286. The number of hydrogen-bond donors (Lipinski definition) is 2. The maximum atomic E-state index is 11.7. The lowest BCUT2D eigenvalue weighted by atomic mass is 10.1. The van der Waals surface area contributed by atoms with Crippen LogP contribution in [0.1, 0.15) is 12.5 Å². The average molecular weight is 321 g/mol. The van der Waals surface area contributed by atoms with Crippen LogP contribution >= 0.6 is 0 Å². The van der Waals surface area contributed by atoms with E-state index in [1.807, 2.05) is 24.3 Å². The van der Waals surface area contributed by atoms with Crippen LogP contribution < -0.4 is 10.0 Å². The molecule has 1 aromatic heterocycles. The van der Waals surface area contributed by atoms with Crippen molar-refractivity contribution in [1.29, 1.82) is 0 Å². The van der Waals surface area contributed by atoms with Crippen molar-refractivity contribution < 1.29 is 8.42 Å². The van der Waals surface area contributed by atoms with Gasteiger partial charge in [0.2, 0.25) is 0 Å². The van der Waals surface area contributed by atoms with Crippen LogP contribution in [0.25, 0.3) is 0 Å². The van der Waals surface area contributed by atoms with Crippen molar-refractivity contribution in [3.8, 4) is 0 Å². The molecule has 0 radical (unpaired) electrons. The van der Waals surface area contributed by atoms with Crippen LogP contribution in [0.15, 0.2) is 36.4 Å². The minimum Gasteiger partial charge on any atom is -0.339 e. The predicted molar refractivity (Wildman–Crippen MR) is 87.4 cm³/mol. The Morgan fingerprint density at radius 1 is 1.00 bits per heavy atom. The van der Waals surface area contributed by atoms with Gasteiger partial charge in [-0.25, -0.2) is 0 Å². The zero-order chi connectivity index (χ0) is 16.2.